The number of nitrogens with one attached hydrogen (secondary N) is 2. The smallest absolute Gasteiger partial charge is 0.293 e. The predicted molar refractivity (Wildman–Crippen MR) is 131 cm³/mol. The van der Waals surface area contributed by atoms with Gasteiger partial charge in [0.05, 0.1) is 0 Å². The molecule has 3 aromatic rings. The molecule has 1 amide bonds. The molecule has 7 nitrogen and oxygen atoms in total. The van der Waals surface area contributed by atoms with Crippen LogP contribution in [0.15, 0.2) is 72.2 Å². The number of rotatable bonds is 7. The fraction of sp³-hybridized carbons (Fsp3) is 0.231. The Morgan fingerprint density at radius 2 is 1.85 bits per heavy atom. The quantitative estimate of drug-likeness (QED) is 0.528. The molecule has 2 aromatic carbocycles. The molecular weight excluding hydrogens is 416 g/mol. The summed E-state index contributed by atoms with van der Waals surface area (Å²) in [5.74, 6) is -0.112. The number of carbonyl (C=O) groups excluding carboxylic acids is 2. The van der Waals surface area contributed by atoms with E-state index in [2.05, 4.69) is 43.0 Å². The van der Waals surface area contributed by atoms with E-state index in [0.717, 1.165) is 11.1 Å². The first-order valence-corrected chi connectivity index (χ1v) is 10.6. The van der Waals surface area contributed by atoms with E-state index in [1.54, 1.807) is 31.3 Å². The molecular formula is C26H28N4O3. The van der Waals surface area contributed by atoms with Crippen molar-refractivity contribution >= 4 is 29.0 Å². The van der Waals surface area contributed by atoms with Gasteiger partial charge in [-0.25, -0.2) is 4.98 Å². The Hall–Kier alpha value is -4.00. The Morgan fingerprint density at radius 1 is 1.12 bits per heavy atom. The third-order valence-electron chi connectivity index (χ3n) is 5.10. The van der Waals surface area contributed by atoms with E-state index in [-0.39, 0.29) is 40.7 Å². The van der Waals surface area contributed by atoms with Crippen molar-refractivity contribution in [1.29, 1.82) is 0 Å². The number of aromatic nitrogens is 2. The summed E-state index contributed by atoms with van der Waals surface area (Å²) in [6.07, 6.45) is 2.97. The highest BCUT2D eigenvalue weighted by atomic mass is 16.2. The number of anilines is 3. The second-order valence-electron chi connectivity index (χ2n) is 8.85. The van der Waals surface area contributed by atoms with Gasteiger partial charge >= 0.3 is 0 Å². The molecule has 0 saturated heterocycles. The molecule has 0 atom stereocenters. The van der Waals surface area contributed by atoms with Crippen LogP contribution < -0.4 is 16.2 Å². The minimum atomic E-state index is -0.352. The lowest BCUT2D eigenvalue weighted by atomic mass is 9.86. The minimum Gasteiger partial charge on any atom is -0.336 e. The molecule has 170 valence electrons. The van der Waals surface area contributed by atoms with Gasteiger partial charge in [-0.1, -0.05) is 51.6 Å². The van der Waals surface area contributed by atoms with Crippen LogP contribution in [0.25, 0.3) is 0 Å². The van der Waals surface area contributed by atoms with Gasteiger partial charge in [0.25, 0.3) is 11.5 Å². The van der Waals surface area contributed by atoms with Gasteiger partial charge in [-0.2, -0.15) is 0 Å². The monoisotopic (exact) mass is 444 g/mol. The summed E-state index contributed by atoms with van der Waals surface area (Å²) in [4.78, 5) is 41.4. The van der Waals surface area contributed by atoms with Crippen LogP contribution in [0.4, 0.5) is 17.3 Å². The van der Waals surface area contributed by atoms with Gasteiger partial charge in [-0.3, -0.25) is 14.4 Å². The maximum absolute atomic E-state index is 12.8. The number of amides is 1. The van der Waals surface area contributed by atoms with Crippen molar-refractivity contribution in [3.8, 4) is 0 Å². The first-order chi connectivity index (χ1) is 15.6. The molecule has 0 aliphatic carbocycles. The lowest BCUT2D eigenvalue weighted by molar-refractivity contribution is -0.114. The normalized spacial score (nSPS) is 11.0. The molecule has 3 rings (SSSR count). The fourth-order valence-corrected chi connectivity index (χ4v) is 3.23. The first kappa shape index (κ1) is 23.7. The van der Waals surface area contributed by atoms with Gasteiger partial charge in [0.2, 0.25) is 0 Å². The summed E-state index contributed by atoms with van der Waals surface area (Å²) in [6.45, 7) is 9.73. The number of aryl methyl sites for hydroxylation is 1. The highest BCUT2D eigenvalue weighted by molar-refractivity contribution is 6.03. The topological polar surface area (TPSA) is 93.1 Å². The molecule has 0 radical (unpaired) electrons. The Morgan fingerprint density at radius 3 is 2.55 bits per heavy atom. The summed E-state index contributed by atoms with van der Waals surface area (Å²) in [5.41, 5.74) is 2.50. The average molecular weight is 445 g/mol. The largest absolute Gasteiger partial charge is 0.336 e. The van der Waals surface area contributed by atoms with E-state index >= 15 is 0 Å². The van der Waals surface area contributed by atoms with Crippen LogP contribution in [0.3, 0.4) is 0 Å². The van der Waals surface area contributed by atoms with Crippen molar-refractivity contribution in [1.82, 2.24) is 9.55 Å². The molecule has 2 N–H and O–H groups in total. The molecule has 1 heterocycles. The third kappa shape index (κ3) is 6.04. The number of nitrogens with zero attached hydrogens (tertiary/aromatic N) is 2. The van der Waals surface area contributed by atoms with Gasteiger partial charge in [-0.15, -0.1) is 0 Å². The summed E-state index contributed by atoms with van der Waals surface area (Å²) in [7, 11) is 1.59. The molecule has 7 heteroatoms. The Labute approximate surface area is 193 Å². The van der Waals surface area contributed by atoms with Crippen LogP contribution in [0.2, 0.25) is 0 Å². The first-order valence-electron chi connectivity index (χ1n) is 10.6. The second-order valence-corrected chi connectivity index (χ2v) is 8.85. The van der Waals surface area contributed by atoms with E-state index < -0.39 is 0 Å². The zero-order chi connectivity index (χ0) is 24.2. The van der Waals surface area contributed by atoms with E-state index in [1.165, 1.54) is 16.8 Å². The van der Waals surface area contributed by atoms with Gasteiger partial charge in [0.1, 0.15) is 0 Å². The second kappa shape index (κ2) is 9.65. The Bertz CT molecular complexity index is 1270. The van der Waals surface area contributed by atoms with Crippen molar-refractivity contribution in [3.05, 3.63) is 94.4 Å². The predicted octanol–water partition coefficient (Wildman–Crippen LogP) is 4.37. The summed E-state index contributed by atoms with van der Waals surface area (Å²) >= 11 is 0. The molecule has 0 spiro atoms. The number of hydrogen-bond donors (Lipinski definition) is 2. The van der Waals surface area contributed by atoms with Gasteiger partial charge in [0, 0.05) is 30.9 Å². The molecule has 0 unspecified atom stereocenters. The number of benzene rings is 2. The molecule has 0 saturated carbocycles. The number of allylic oxidation sites excluding steroid dienone is 1. The molecule has 1 aromatic heterocycles. The maximum Gasteiger partial charge on any atom is 0.293 e. The van der Waals surface area contributed by atoms with Crippen molar-refractivity contribution in [2.24, 2.45) is 7.05 Å². The number of ketones is 1. The van der Waals surface area contributed by atoms with Crippen LogP contribution in [0.1, 0.15) is 42.3 Å². The van der Waals surface area contributed by atoms with E-state index in [9.17, 15) is 14.4 Å². The van der Waals surface area contributed by atoms with Crippen LogP contribution in [0.5, 0.6) is 0 Å². The standard InChI is InChI=1S/C26H28N4O3/c1-6-21(31)14-17-9-7-12-20(13-17)27-23-25(33)30(5)16-22(28-23)29-24(32)18-10-8-11-19(15-18)26(2,3)4/h6-13,15-16H,1,14H2,2-5H3,(H,27,28)(H,29,32). The summed E-state index contributed by atoms with van der Waals surface area (Å²) < 4.78 is 1.35. The Kier molecular flexibility index (Phi) is 6.92. The van der Waals surface area contributed by atoms with Gasteiger partial charge in [-0.05, 0) is 46.9 Å². The van der Waals surface area contributed by atoms with Crippen molar-refractivity contribution < 1.29 is 9.59 Å². The van der Waals surface area contributed by atoms with Crippen LogP contribution in [-0.2, 0) is 23.7 Å². The highest BCUT2D eigenvalue weighted by Gasteiger charge is 2.17. The van der Waals surface area contributed by atoms with Crippen LogP contribution >= 0.6 is 0 Å². The number of hydrogen-bond acceptors (Lipinski definition) is 5. The van der Waals surface area contributed by atoms with Crippen molar-refractivity contribution in [2.45, 2.75) is 32.6 Å². The summed E-state index contributed by atoms with van der Waals surface area (Å²) in [5, 5.41) is 5.76. The Balaban J connectivity index is 1.84. The summed E-state index contributed by atoms with van der Waals surface area (Å²) in [6, 6.07) is 14.6. The molecule has 0 aliphatic rings. The molecule has 0 bridgehead atoms. The van der Waals surface area contributed by atoms with Crippen LogP contribution in [-0.4, -0.2) is 21.2 Å². The van der Waals surface area contributed by atoms with E-state index in [1.807, 2.05) is 24.3 Å². The third-order valence-corrected chi connectivity index (χ3v) is 5.10. The lowest BCUT2D eigenvalue weighted by Crippen LogP contribution is -2.24. The zero-order valence-corrected chi connectivity index (χ0v) is 19.3. The maximum atomic E-state index is 12.8. The van der Waals surface area contributed by atoms with Gasteiger partial charge in [0.15, 0.2) is 17.4 Å². The number of carbonyl (C=O) groups is 2. The zero-order valence-electron chi connectivity index (χ0n) is 19.3. The molecule has 33 heavy (non-hydrogen) atoms. The van der Waals surface area contributed by atoms with E-state index in [4.69, 9.17) is 0 Å². The highest BCUT2D eigenvalue weighted by Crippen LogP contribution is 2.23. The lowest BCUT2D eigenvalue weighted by Gasteiger charge is -2.19. The molecule has 0 aliphatic heterocycles. The SMILES string of the molecule is C=CC(=O)Cc1cccc(Nc2nc(NC(=O)c3cccc(C(C)(C)C)c3)cn(C)c2=O)c1. The molecule has 0 fully saturated rings. The fourth-order valence-electron chi connectivity index (χ4n) is 3.23. The van der Waals surface area contributed by atoms with Crippen LogP contribution in [0, 0.1) is 0 Å². The minimum absolute atomic E-state index is 0.0611. The van der Waals surface area contributed by atoms with E-state index in [0.29, 0.717) is 11.3 Å². The average Bonchev–Trinajstić information content (AvgIpc) is 2.76. The van der Waals surface area contributed by atoms with Gasteiger partial charge < -0.3 is 15.2 Å². The van der Waals surface area contributed by atoms with Crippen molar-refractivity contribution in [3.63, 3.8) is 0 Å². The van der Waals surface area contributed by atoms with Crippen molar-refractivity contribution in [2.75, 3.05) is 10.6 Å².